The maximum atomic E-state index is 14.7. The van der Waals surface area contributed by atoms with E-state index in [2.05, 4.69) is 17.8 Å². The quantitative estimate of drug-likeness (QED) is 0.259. The van der Waals surface area contributed by atoms with Crippen molar-refractivity contribution in [2.24, 2.45) is 5.16 Å². The van der Waals surface area contributed by atoms with E-state index in [-0.39, 0.29) is 23.8 Å². The van der Waals surface area contributed by atoms with Crippen LogP contribution in [0.4, 0.5) is 19.7 Å². The molecule has 12 heteroatoms. The Bertz CT molecular complexity index is 1110. The van der Waals surface area contributed by atoms with Crippen LogP contribution in [0.25, 0.3) is 0 Å². The fraction of sp³-hybridized carbons (Fsp3) is 0.273. The third kappa shape index (κ3) is 5.42. The Morgan fingerprint density at radius 2 is 1.76 bits per heavy atom. The number of nitrogens with zero attached hydrogens (tertiary/aromatic N) is 4. The van der Waals surface area contributed by atoms with Crippen LogP contribution in [0.3, 0.4) is 0 Å². The van der Waals surface area contributed by atoms with Crippen LogP contribution in [0.2, 0.25) is 5.02 Å². The molecule has 0 bridgehead atoms. The number of oxime groups is 1. The lowest BCUT2D eigenvalue weighted by Crippen LogP contribution is -2.62. The number of carbonyl (C=O) groups is 3. The van der Waals surface area contributed by atoms with Gasteiger partial charge in [0.25, 0.3) is 0 Å². The summed E-state index contributed by atoms with van der Waals surface area (Å²) in [4.78, 5) is 46.0. The topological polar surface area (TPSA) is 91.8 Å². The van der Waals surface area contributed by atoms with E-state index in [0.717, 1.165) is 27.5 Å². The zero-order chi connectivity index (χ0) is 25.0. The Morgan fingerprint density at radius 1 is 1.15 bits per heavy atom. The molecule has 0 spiro atoms. The molecule has 0 radical (unpaired) electrons. The summed E-state index contributed by atoms with van der Waals surface area (Å²) in [5, 5.41) is 3.64. The molecule has 34 heavy (non-hydrogen) atoms. The van der Waals surface area contributed by atoms with Crippen LogP contribution in [0.15, 0.2) is 47.6 Å². The number of benzene rings is 2. The minimum Gasteiger partial charge on any atom is -0.456 e. The van der Waals surface area contributed by atoms with Crippen molar-refractivity contribution in [3.05, 3.63) is 64.4 Å². The summed E-state index contributed by atoms with van der Waals surface area (Å²) >= 11 is 10.2. The van der Waals surface area contributed by atoms with Crippen molar-refractivity contribution in [1.82, 2.24) is 9.80 Å². The molecule has 2 aromatic rings. The number of urea groups is 2. The normalized spacial score (nSPS) is 15.1. The predicted octanol–water partition coefficient (Wildman–Crippen LogP) is 4.37. The first kappa shape index (κ1) is 25.3. The zero-order valence-electron chi connectivity index (χ0n) is 18.6. The second-order valence-corrected chi connectivity index (χ2v) is 8.28. The van der Waals surface area contributed by atoms with E-state index < -0.39 is 35.0 Å². The fourth-order valence-corrected chi connectivity index (χ4v) is 3.42. The van der Waals surface area contributed by atoms with Crippen LogP contribution in [-0.2, 0) is 16.2 Å². The molecule has 1 aliphatic rings. The summed E-state index contributed by atoms with van der Waals surface area (Å²) in [5.41, 5.74) is -0.213. The number of carbonyl (C=O) groups excluding carboxylic acids is 3. The molecule has 180 valence electrons. The van der Waals surface area contributed by atoms with E-state index >= 15 is 0 Å². The summed E-state index contributed by atoms with van der Waals surface area (Å²) in [6.45, 7) is 1.62. The Labute approximate surface area is 206 Å². The van der Waals surface area contributed by atoms with E-state index in [0.29, 0.717) is 10.6 Å². The van der Waals surface area contributed by atoms with Crippen LogP contribution in [0, 0.1) is 5.82 Å². The number of hydrogen-bond acceptors (Lipinski definition) is 7. The van der Waals surface area contributed by atoms with E-state index in [1.54, 1.807) is 6.92 Å². The monoisotopic (exact) mass is 508 g/mol. The average molecular weight is 509 g/mol. The van der Waals surface area contributed by atoms with E-state index in [1.807, 2.05) is 30.3 Å². The summed E-state index contributed by atoms with van der Waals surface area (Å²) < 4.78 is 19.9. The molecule has 2 aromatic carbocycles. The van der Waals surface area contributed by atoms with Crippen LogP contribution in [-0.4, -0.2) is 59.7 Å². The van der Waals surface area contributed by atoms with Gasteiger partial charge < -0.3 is 9.57 Å². The molecule has 0 N–H and O–H groups in total. The largest absolute Gasteiger partial charge is 0.456 e. The molecule has 4 amide bonds. The molecule has 1 heterocycles. The molecule has 0 aliphatic carbocycles. The number of thiol groups is 1. The molecule has 1 aliphatic heterocycles. The molecule has 3 rings (SSSR count). The molecule has 1 saturated heterocycles. The van der Waals surface area contributed by atoms with Crippen molar-refractivity contribution < 1.29 is 28.3 Å². The lowest BCUT2D eigenvalue weighted by Gasteiger charge is -2.41. The zero-order valence-corrected chi connectivity index (χ0v) is 20.2. The van der Waals surface area contributed by atoms with Gasteiger partial charge in [-0.15, -0.1) is 12.6 Å². The van der Waals surface area contributed by atoms with Crippen LogP contribution >= 0.6 is 24.2 Å². The van der Waals surface area contributed by atoms with Crippen LogP contribution in [0.1, 0.15) is 22.8 Å². The SMILES string of the molecule is CC(COC(=O)c1cc(N2C(=O)N(C)C(S)N(C)C2=O)c(F)cc1Cl)=NOCc1ccccc1. The number of rotatable bonds is 7. The summed E-state index contributed by atoms with van der Waals surface area (Å²) in [6, 6.07) is 9.58. The van der Waals surface area contributed by atoms with Gasteiger partial charge in [0.2, 0.25) is 0 Å². The van der Waals surface area contributed by atoms with Gasteiger partial charge in [0.15, 0.2) is 5.50 Å². The number of imide groups is 1. The van der Waals surface area contributed by atoms with Gasteiger partial charge in [0, 0.05) is 14.1 Å². The maximum Gasteiger partial charge on any atom is 0.340 e. The second kappa shape index (κ2) is 10.7. The van der Waals surface area contributed by atoms with E-state index in [1.165, 1.54) is 14.1 Å². The van der Waals surface area contributed by atoms with Gasteiger partial charge in [-0.1, -0.05) is 47.1 Å². The van der Waals surface area contributed by atoms with E-state index in [9.17, 15) is 18.8 Å². The predicted molar refractivity (Wildman–Crippen MR) is 128 cm³/mol. The van der Waals surface area contributed by atoms with Crippen molar-refractivity contribution in [3.63, 3.8) is 0 Å². The molecule has 0 aromatic heterocycles. The first-order chi connectivity index (χ1) is 16.1. The average Bonchev–Trinajstić information content (AvgIpc) is 2.82. The van der Waals surface area contributed by atoms with Gasteiger partial charge in [-0.25, -0.2) is 23.7 Å². The molecular weight excluding hydrogens is 487 g/mol. The molecule has 9 nitrogen and oxygen atoms in total. The summed E-state index contributed by atoms with van der Waals surface area (Å²) in [7, 11) is 2.81. The second-order valence-electron chi connectivity index (χ2n) is 7.41. The summed E-state index contributed by atoms with van der Waals surface area (Å²) in [5.74, 6) is -1.86. The third-order valence-corrected chi connectivity index (χ3v) is 5.89. The van der Waals surface area contributed by atoms with Gasteiger partial charge in [0.05, 0.1) is 22.0 Å². The van der Waals surface area contributed by atoms with Crippen LogP contribution < -0.4 is 4.90 Å². The highest BCUT2D eigenvalue weighted by molar-refractivity contribution is 7.80. The number of esters is 1. The lowest BCUT2D eigenvalue weighted by molar-refractivity contribution is 0.0555. The number of amides is 4. The highest BCUT2D eigenvalue weighted by Crippen LogP contribution is 2.31. The fourth-order valence-electron chi connectivity index (χ4n) is 2.99. The third-order valence-electron chi connectivity index (χ3n) is 4.88. The van der Waals surface area contributed by atoms with Crippen molar-refractivity contribution >= 4 is 53.7 Å². The maximum absolute atomic E-state index is 14.7. The Kier molecular flexibility index (Phi) is 8.00. The van der Waals surface area contributed by atoms with Crippen molar-refractivity contribution in [2.45, 2.75) is 19.0 Å². The van der Waals surface area contributed by atoms with Gasteiger partial charge in [-0.05, 0) is 24.6 Å². The molecule has 1 fully saturated rings. The van der Waals surface area contributed by atoms with Crippen molar-refractivity contribution in [2.75, 3.05) is 25.6 Å². The van der Waals surface area contributed by atoms with Crippen molar-refractivity contribution in [3.8, 4) is 0 Å². The van der Waals surface area contributed by atoms with E-state index in [4.69, 9.17) is 21.2 Å². The highest BCUT2D eigenvalue weighted by Gasteiger charge is 2.41. The number of hydrogen-bond donors (Lipinski definition) is 1. The molecule has 0 unspecified atom stereocenters. The molecular formula is C22H22ClFN4O5S. The smallest absolute Gasteiger partial charge is 0.340 e. The van der Waals surface area contributed by atoms with Gasteiger partial charge >= 0.3 is 18.0 Å². The first-order valence-corrected chi connectivity index (χ1v) is 10.9. The van der Waals surface area contributed by atoms with Gasteiger partial charge in [-0.3, -0.25) is 9.80 Å². The standard InChI is InChI=1S/C22H22ClFN4O5S/c1-13(25-33-12-14-7-5-4-6-8-14)11-32-19(29)15-9-18(17(24)10-16(15)23)28-20(30)26(2)22(34)27(3)21(28)31/h4-10,22,34H,11-12H2,1-3H3. The van der Waals surface area contributed by atoms with Gasteiger partial charge in [-0.2, -0.15) is 0 Å². The minimum atomic E-state index is -0.963. The summed E-state index contributed by atoms with van der Waals surface area (Å²) in [6.07, 6.45) is 0. The first-order valence-electron chi connectivity index (χ1n) is 9.99. The number of anilines is 1. The van der Waals surface area contributed by atoms with Gasteiger partial charge in [0.1, 0.15) is 19.0 Å². The van der Waals surface area contributed by atoms with Crippen molar-refractivity contribution in [1.29, 1.82) is 0 Å². The Morgan fingerprint density at radius 3 is 2.38 bits per heavy atom. The Balaban J connectivity index is 1.73. The number of ether oxygens (including phenoxy) is 1. The van der Waals surface area contributed by atoms with Crippen LogP contribution in [0.5, 0.6) is 0 Å². The Hall–Kier alpha value is -3.31. The lowest BCUT2D eigenvalue weighted by atomic mass is 10.1. The minimum absolute atomic E-state index is 0.217. The molecule has 0 atom stereocenters. The number of halogens is 2. The molecule has 0 saturated carbocycles. The highest BCUT2D eigenvalue weighted by atomic mass is 35.5.